The van der Waals surface area contributed by atoms with E-state index in [0.29, 0.717) is 40.3 Å². The Bertz CT molecular complexity index is 1350. The van der Waals surface area contributed by atoms with Gasteiger partial charge in [0.25, 0.3) is 0 Å². The second-order valence-electron chi connectivity index (χ2n) is 8.17. The van der Waals surface area contributed by atoms with Crippen LogP contribution in [0.5, 0.6) is 5.75 Å². The summed E-state index contributed by atoms with van der Waals surface area (Å²) in [6, 6.07) is 20.4. The maximum Gasteiger partial charge on any atom is 0.341 e. The molecule has 0 atom stereocenters. The minimum absolute atomic E-state index is 0.184. The average Bonchev–Trinajstić information content (AvgIpc) is 2.97. The molecule has 0 spiro atoms. The summed E-state index contributed by atoms with van der Waals surface area (Å²) in [5, 5.41) is 4.32. The fraction of sp³-hybridized carbons (Fsp3) is 0.200. The first-order valence-corrected chi connectivity index (χ1v) is 12.1. The van der Waals surface area contributed by atoms with Gasteiger partial charge < -0.3 is 23.9 Å². The number of nitrogens with two attached hydrogens (primary N) is 1. The van der Waals surface area contributed by atoms with Crippen LogP contribution in [0.15, 0.2) is 89.8 Å². The van der Waals surface area contributed by atoms with E-state index in [9.17, 15) is 9.18 Å². The fourth-order valence-corrected chi connectivity index (χ4v) is 3.75. The molecule has 2 N–H and O–H groups in total. The molecule has 0 aromatic heterocycles. The maximum atomic E-state index is 13.2. The summed E-state index contributed by atoms with van der Waals surface area (Å²) in [6.45, 7) is 4.24. The standard InChI is InChI=1S/C30H31FN2O6/c1-5-38-33-28(22-12-16-24(17-13-22)37-18-21-10-14-23(31)15-11-21)20(2)29(39-32)26-9-7-6-8-25(26)27(19-35-3)30(34)36-4/h6-17,19H,5,18,32H2,1-4H3. The van der Waals surface area contributed by atoms with E-state index in [2.05, 4.69) is 5.16 Å². The third kappa shape index (κ3) is 7.45. The predicted molar refractivity (Wildman–Crippen MR) is 147 cm³/mol. The average molecular weight is 535 g/mol. The van der Waals surface area contributed by atoms with Gasteiger partial charge in [-0.3, -0.25) is 0 Å². The number of esters is 1. The minimum Gasteiger partial charge on any atom is -0.503 e. The van der Waals surface area contributed by atoms with Gasteiger partial charge in [0, 0.05) is 22.3 Å². The normalized spacial score (nSPS) is 12.4. The van der Waals surface area contributed by atoms with Crippen molar-refractivity contribution in [3.63, 3.8) is 0 Å². The van der Waals surface area contributed by atoms with Gasteiger partial charge in [-0.1, -0.05) is 41.6 Å². The van der Waals surface area contributed by atoms with E-state index in [1.165, 1.54) is 32.6 Å². The summed E-state index contributed by atoms with van der Waals surface area (Å²) < 4.78 is 29.0. The zero-order valence-electron chi connectivity index (χ0n) is 22.3. The van der Waals surface area contributed by atoms with Gasteiger partial charge in [0.05, 0.1) is 20.5 Å². The second kappa shape index (κ2) is 14.3. The largest absolute Gasteiger partial charge is 0.503 e. The van der Waals surface area contributed by atoms with Gasteiger partial charge in [0.15, 0.2) is 5.76 Å². The third-order valence-electron chi connectivity index (χ3n) is 5.65. The molecule has 0 radical (unpaired) electrons. The lowest BCUT2D eigenvalue weighted by molar-refractivity contribution is -0.133. The Labute approximate surface area is 227 Å². The number of hydrogen-bond acceptors (Lipinski definition) is 8. The van der Waals surface area contributed by atoms with Gasteiger partial charge in [0.2, 0.25) is 0 Å². The number of carbonyl (C=O) groups is 1. The topological polar surface area (TPSA) is 102 Å². The van der Waals surface area contributed by atoms with Crippen molar-refractivity contribution in [2.75, 3.05) is 20.8 Å². The Morgan fingerprint density at radius 2 is 1.64 bits per heavy atom. The van der Waals surface area contributed by atoms with Crippen molar-refractivity contribution in [1.82, 2.24) is 0 Å². The molecular formula is C30H31FN2O6. The first kappa shape index (κ1) is 28.9. The number of oxime groups is 1. The quantitative estimate of drug-likeness (QED) is 0.106. The van der Waals surface area contributed by atoms with Crippen LogP contribution in [-0.4, -0.2) is 32.5 Å². The second-order valence-corrected chi connectivity index (χ2v) is 8.17. The van der Waals surface area contributed by atoms with Gasteiger partial charge in [-0.15, -0.1) is 0 Å². The lowest BCUT2D eigenvalue weighted by Gasteiger charge is -2.17. The highest BCUT2D eigenvalue weighted by Crippen LogP contribution is 2.30. The molecule has 39 heavy (non-hydrogen) atoms. The molecule has 0 aliphatic carbocycles. The molecule has 3 aromatic rings. The smallest absolute Gasteiger partial charge is 0.341 e. The van der Waals surface area contributed by atoms with E-state index in [1.54, 1.807) is 55.5 Å². The summed E-state index contributed by atoms with van der Waals surface area (Å²) >= 11 is 0. The van der Waals surface area contributed by atoms with Crippen molar-refractivity contribution in [2.24, 2.45) is 11.1 Å². The van der Waals surface area contributed by atoms with Crippen LogP contribution in [0.2, 0.25) is 0 Å². The minimum atomic E-state index is -0.585. The van der Waals surface area contributed by atoms with Crippen molar-refractivity contribution in [1.29, 1.82) is 0 Å². The van der Waals surface area contributed by atoms with E-state index in [4.69, 9.17) is 29.8 Å². The SMILES string of the molecule is CCON=C(C(C)=C(ON)c1ccccc1C(=COC)C(=O)OC)c1ccc(OCc2ccc(F)cc2)cc1. The highest BCUT2D eigenvalue weighted by Gasteiger charge is 2.23. The summed E-state index contributed by atoms with van der Waals surface area (Å²) in [5.74, 6) is 5.77. The molecule has 0 heterocycles. The number of carbonyl (C=O) groups excluding carboxylic acids is 1. The summed E-state index contributed by atoms with van der Waals surface area (Å²) in [6.07, 6.45) is 1.30. The number of benzene rings is 3. The van der Waals surface area contributed by atoms with E-state index in [1.807, 2.05) is 19.1 Å². The lowest BCUT2D eigenvalue weighted by Crippen LogP contribution is -2.13. The van der Waals surface area contributed by atoms with E-state index in [-0.39, 0.29) is 23.8 Å². The number of ether oxygens (including phenoxy) is 3. The Kier molecular flexibility index (Phi) is 10.6. The number of allylic oxidation sites excluding steroid dienone is 1. The Hall–Kier alpha value is -4.63. The van der Waals surface area contributed by atoms with Gasteiger partial charge in [-0.25, -0.2) is 9.18 Å². The summed E-state index contributed by atoms with van der Waals surface area (Å²) in [5.41, 5.74) is 3.77. The van der Waals surface area contributed by atoms with Crippen LogP contribution in [0.4, 0.5) is 4.39 Å². The molecule has 0 saturated carbocycles. The molecule has 0 fully saturated rings. The van der Waals surface area contributed by atoms with Crippen LogP contribution in [0.3, 0.4) is 0 Å². The van der Waals surface area contributed by atoms with E-state index >= 15 is 0 Å². The molecule has 204 valence electrons. The molecule has 8 nitrogen and oxygen atoms in total. The zero-order chi connectivity index (χ0) is 28.2. The van der Waals surface area contributed by atoms with Gasteiger partial charge >= 0.3 is 5.97 Å². The van der Waals surface area contributed by atoms with Crippen molar-refractivity contribution < 1.29 is 33.1 Å². The molecule has 9 heteroatoms. The summed E-state index contributed by atoms with van der Waals surface area (Å²) in [7, 11) is 2.72. The Balaban J connectivity index is 1.99. The van der Waals surface area contributed by atoms with Crippen molar-refractivity contribution in [3.8, 4) is 5.75 Å². The predicted octanol–water partition coefficient (Wildman–Crippen LogP) is 5.63. The van der Waals surface area contributed by atoms with Crippen molar-refractivity contribution in [3.05, 3.63) is 113 Å². The molecule has 0 unspecified atom stereocenters. The van der Waals surface area contributed by atoms with Crippen LogP contribution in [-0.2, 0) is 30.6 Å². The van der Waals surface area contributed by atoms with Crippen molar-refractivity contribution in [2.45, 2.75) is 20.5 Å². The Morgan fingerprint density at radius 1 is 0.974 bits per heavy atom. The summed E-state index contributed by atoms with van der Waals surface area (Å²) in [4.78, 5) is 23.3. The van der Waals surface area contributed by atoms with Crippen LogP contribution < -0.4 is 10.6 Å². The van der Waals surface area contributed by atoms with Crippen LogP contribution in [0.1, 0.15) is 36.1 Å². The number of hydrogen-bond donors (Lipinski definition) is 1. The monoisotopic (exact) mass is 534 g/mol. The number of nitrogens with zero attached hydrogens (tertiary/aromatic N) is 1. The molecule has 0 bridgehead atoms. The van der Waals surface area contributed by atoms with Gasteiger partial charge in [-0.2, -0.15) is 5.90 Å². The number of rotatable bonds is 12. The molecule has 0 aliphatic rings. The first-order valence-electron chi connectivity index (χ1n) is 12.1. The van der Waals surface area contributed by atoms with Gasteiger partial charge in [-0.05, 0) is 55.8 Å². The van der Waals surface area contributed by atoms with E-state index in [0.717, 1.165) is 5.56 Å². The lowest BCUT2D eigenvalue weighted by atomic mass is 9.94. The van der Waals surface area contributed by atoms with Crippen LogP contribution in [0, 0.1) is 5.82 Å². The third-order valence-corrected chi connectivity index (χ3v) is 5.65. The maximum absolute atomic E-state index is 13.2. The highest BCUT2D eigenvalue weighted by molar-refractivity contribution is 6.19. The van der Waals surface area contributed by atoms with Crippen molar-refractivity contribution >= 4 is 23.0 Å². The molecule has 0 saturated heterocycles. The first-order chi connectivity index (χ1) is 18.9. The molecule has 3 aromatic carbocycles. The molecule has 0 aliphatic heterocycles. The number of halogens is 1. The van der Waals surface area contributed by atoms with E-state index < -0.39 is 5.97 Å². The van der Waals surface area contributed by atoms with Crippen LogP contribution >= 0.6 is 0 Å². The molecular weight excluding hydrogens is 503 g/mol. The van der Waals surface area contributed by atoms with Gasteiger partial charge in [0.1, 0.15) is 36.1 Å². The zero-order valence-corrected chi connectivity index (χ0v) is 22.3. The number of methoxy groups -OCH3 is 2. The molecule has 3 rings (SSSR count). The fourth-order valence-electron chi connectivity index (χ4n) is 3.75. The Morgan fingerprint density at radius 3 is 2.23 bits per heavy atom. The van der Waals surface area contributed by atoms with Crippen LogP contribution in [0.25, 0.3) is 11.3 Å². The molecule has 0 amide bonds. The highest BCUT2D eigenvalue weighted by atomic mass is 19.1.